The number of hydrogen-bond donors (Lipinski definition) is 2. The van der Waals surface area contributed by atoms with Crippen molar-refractivity contribution >= 4 is 11.6 Å². The van der Waals surface area contributed by atoms with Crippen LogP contribution in [0.25, 0.3) is 0 Å². The van der Waals surface area contributed by atoms with Gasteiger partial charge in [-0.1, -0.05) is 36.9 Å². The highest BCUT2D eigenvalue weighted by Crippen LogP contribution is 2.48. The molecule has 0 bridgehead atoms. The third kappa shape index (κ3) is 2.23. The van der Waals surface area contributed by atoms with Gasteiger partial charge in [0.05, 0.1) is 5.02 Å². The second kappa shape index (κ2) is 5.57. The van der Waals surface area contributed by atoms with Crippen LogP contribution in [0.15, 0.2) is 6.07 Å². The molecule has 1 fully saturated rings. The fourth-order valence-electron chi connectivity index (χ4n) is 4.06. The summed E-state index contributed by atoms with van der Waals surface area (Å²) in [5.41, 5.74) is 9.57. The summed E-state index contributed by atoms with van der Waals surface area (Å²) in [5.74, 6) is 0.305. The Morgan fingerprint density at radius 3 is 2.50 bits per heavy atom. The van der Waals surface area contributed by atoms with Gasteiger partial charge in [0.15, 0.2) is 0 Å². The minimum Gasteiger partial charge on any atom is -0.506 e. The van der Waals surface area contributed by atoms with Crippen molar-refractivity contribution in [1.29, 1.82) is 0 Å². The zero-order valence-electron chi connectivity index (χ0n) is 12.1. The Bertz CT molecular complexity index is 506. The number of halogens is 1. The number of hydrogen-bond acceptors (Lipinski definition) is 2. The van der Waals surface area contributed by atoms with Crippen molar-refractivity contribution in [1.82, 2.24) is 0 Å². The number of aromatic hydroxyl groups is 1. The monoisotopic (exact) mass is 293 g/mol. The zero-order valence-corrected chi connectivity index (χ0v) is 12.8. The maximum Gasteiger partial charge on any atom is 0.138 e. The van der Waals surface area contributed by atoms with Crippen LogP contribution in [0.5, 0.6) is 5.75 Å². The van der Waals surface area contributed by atoms with Gasteiger partial charge in [-0.2, -0.15) is 0 Å². The normalized spacial score (nSPS) is 21.5. The van der Waals surface area contributed by atoms with Gasteiger partial charge in [0.2, 0.25) is 0 Å². The van der Waals surface area contributed by atoms with E-state index in [-0.39, 0.29) is 5.41 Å². The third-order valence-corrected chi connectivity index (χ3v) is 5.74. The van der Waals surface area contributed by atoms with Gasteiger partial charge in [-0.15, -0.1) is 0 Å². The zero-order chi connectivity index (χ0) is 14.2. The van der Waals surface area contributed by atoms with E-state index in [0.717, 1.165) is 31.2 Å². The highest BCUT2D eigenvalue weighted by Gasteiger charge is 2.37. The number of aryl methyl sites for hydroxylation is 1. The lowest BCUT2D eigenvalue weighted by atomic mass is 9.77. The molecule has 0 aliphatic heterocycles. The molecule has 0 radical (unpaired) electrons. The molecule has 0 amide bonds. The first-order valence-electron chi connectivity index (χ1n) is 7.92. The summed E-state index contributed by atoms with van der Waals surface area (Å²) >= 11 is 6.50. The van der Waals surface area contributed by atoms with E-state index in [2.05, 4.69) is 6.07 Å². The summed E-state index contributed by atoms with van der Waals surface area (Å²) in [5, 5.41) is 11.2. The van der Waals surface area contributed by atoms with Crippen LogP contribution in [-0.4, -0.2) is 11.7 Å². The molecule has 3 rings (SSSR count). The smallest absolute Gasteiger partial charge is 0.138 e. The van der Waals surface area contributed by atoms with E-state index >= 15 is 0 Å². The van der Waals surface area contributed by atoms with E-state index in [1.807, 2.05) is 0 Å². The lowest BCUT2D eigenvalue weighted by Crippen LogP contribution is -2.32. The molecule has 2 nitrogen and oxygen atoms in total. The van der Waals surface area contributed by atoms with Crippen LogP contribution < -0.4 is 5.73 Å². The molecule has 0 aromatic heterocycles. The summed E-state index contributed by atoms with van der Waals surface area (Å²) in [6, 6.07) is 2.22. The van der Waals surface area contributed by atoms with Crippen molar-refractivity contribution in [3.63, 3.8) is 0 Å². The summed E-state index contributed by atoms with van der Waals surface area (Å²) in [6.45, 7) is 0.607. The molecule has 0 spiro atoms. The van der Waals surface area contributed by atoms with Gasteiger partial charge >= 0.3 is 0 Å². The number of benzene rings is 1. The Kier molecular flexibility index (Phi) is 3.96. The van der Waals surface area contributed by atoms with Gasteiger partial charge in [0.1, 0.15) is 5.75 Å². The Morgan fingerprint density at radius 1 is 1.10 bits per heavy atom. The lowest BCUT2D eigenvalue weighted by Gasteiger charge is -2.30. The maximum absolute atomic E-state index is 10.6. The molecule has 20 heavy (non-hydrogen) atoms. The van der Waals surface area contributed by atoms with Crippen molar-refractivity contribution in [3.8, 4) is 5.75 Å². The van der Waals surface area contributed by atoms with Crippen molar-refractivity contribution in [2.75, 3.05) is 6.54 Å². The summed E-state index contributed by atoms with van der Waals surface area (Å²) < 4.78 is 0. The van der Waals surface area contributed by atoms with Crippen LogP contribution in [-0.2, 0) is 18.3 Å². The second-order valence-electron chi connectivity index (χ2n) is 6.48. The van der Waals surface area contributed by atoms with Crippen LogP contribution in [0.2, 0.25) is 5.02 Å². The standard InChI is InChI=1S/C17H24ClNO/c18-15-13-7-3-1-2-6-12(13)10-14(16(15)20)17(11-19)8-4-5-9-17/h10,20H,1-9,11,19H2. The molecule has 1 aromatic rings. The highest BCUT2D eigenvalue weighted by atomic mass is 35.5. The number of fused-ring (bicyclic) bond motifs is 1. The average molecular weight is 294 g/mol. The summed E-state index contributed by atoms with van der Waals surface area (Å²) in [6.07, 6.45) is 10.3. The number of phenolic OH excluding ortho intramolecular Hbond substituents is 1. The van der Waals surface area contributed by atoms with Crippen molar-refractivity contribution in [3.05, 3.63) is 27.8 Å². The fraction of sp³-hybridized carbons (Fsp3) is 0.647. The first-order valence-corrected chi connectivity index (χ1v) is 8.29. The van der Waals surface area contributed by atoms with E-state index in [1.165, 1.54) is 43.2 Å². The average Bonchev–Trinajstić information content (AvgIpc) is 2.82. The van der Waals surface area contributed by atoms with Crippen molar-refractivity contribution in [2.45, 2.75) is 63.2 Å². The third-order valence-electron chi connectivity index (χ3n) is 5.33. The predicted molar refractivity (Wildman–Crippen MR) is 83.6 cm³/mol. The minimum absolute atomic E-state index is 0.0466. The Labute approximate surface area is 126 Å². The quantitative estimate of drug-likeness (QED) is 0.807. The van der Waals surface area contributed by atoms with Crippen molar-refractivity contribution < 1.29 is 5.11 Å². The summed E-state index contributed by atoms with van der Waals surface area (Å²) in [4.78, 5) is 0. The molecule has 0 heterocycles. The SMILES string of the molecule is NCC1(c2cc3c(c(Cl)c2O)CCCCC3)CCCC1. The number of phenols is 1. The maximum atomic E-state index is 10.6. The molecule has 3 N–H and O–H groups in total. The molecule has 0 atom stereocenters. The first-order chi connectivity index (χ1) is 9.68. The van der Waals surface area contributed by atoms with E-state index in [1.54, 1.807) is 0 Å². The van der Waals surface area contributed by atoms with Gasteiger partial charge in [-0.25, -0.2) is 0 Å². The van der Waals surface area contributed by atoms with Gasteiger partial charge < -0.3 is 10.8 Å². The van der Waals surface area contributed by atoms with Gasteiger partial charge in [0, 0.05) is 17.5 Å². The molecule has 0 unspecified atom stereocenters. The molecule has 2 aliphatic carbocycles. The Morgan fingerprint density at radius 2 is 1.80 bits per heavy atom. The first kappa shape index (κ1) is 14.2. The molecule has 1 aromatic carbocycles. The Hall–Kier alpha value is -0.730. The highest BCUT2D eigenvalue weighted by molar-refractivity contribution is 6.33. The van der Waals surface area contributed by atoms with Crippen LogP contribution in [0.1, 0.15) is 61.6 Å². The molecule has 110 valence electrons. The van der Waals surface area contributed by atoms with Gasteiger partial charge in [-0.3, -0.25) is 0 Å². The van der Waals surface area contributed by atoms with Crippen LogP contribution in [0.4, 0.5) is 0 Å². The van der Waals surface area contributed by atoms with Gasteiger partial charge in [-0.05, 0) is 49.7 Å². The predicted octanol–water partition coefficient (Wildman–Crippen LogP) is 4.09. The van der Waals surface area contributed by atoms with E-state index in [4.69, 9.17) is 17.3 Å². The molecular weight excluding hydrogens is 270 g/mol. The summed E-state index contributed by atoms with van der Waals surface area (Å²) in [7, 11) is 0. The molecule has 0 saturated heterocycles. The Balaban J connectivity index is 2.12. The minimum atomic E-state index is -0.0466. The fourth-order valence-corrected chi connectivity index (χ4v) is 4.38. The van der Waals surface area contributed by atoms with E-state index in [9.17, 15) is 5.11 Å². The topological polar surface area (TPSA) is 46.2 Å². The lowest BCUT2D eigenvalue weighted by molar-refractivity contribution is 0.405. The van der Waals surface area contributed by atoms with Crippen LogP contribution in [0, 0.1) is 0 Å². The second-order valence-corrected chi connectivity index (χ2v) is 6.85. The number of rotatable bonds is 2. The van der Waals surface area contributed by atoms with Crippen molar-refractivity contribution in [2.24, 2.45) is 5.73 Å². The van der Waals surface area contributed by atoms with Gasteiger partial charge in [0.25, 0.3) is 0 Å². The van der Waals surface area contributed by atoms with Crippen LogP contribution >= 0.6 is 11.6 Å². The van der Waals surface area contributed by atoms with E-state index < -0.39 is 0 Å². The largest absolute Gasteiger partial charge is 0.506 e. The molecular formula is C17H24ClNO. The molecule has 3 heteroatoms. The van der Waals surface area contributed by atoms with Crippen LogP contribution in [0.3, 0.4) is 0 Å². The molecule has 2 aliphatic rings. The van der Waals surface area contributed by atoms with E-state index in [0.29, 0.717) is 17.3 Å². The number of nitrogens with two attached hydrogens (primary N) is 1. The molecule has 1 saturated carbocycles.